The standard InChI is InChI=1S/C25H26F4N6O2/c1-14(13-36-2)37-19-7-4-15-3-6-18(31-22(15)21(19)26)24-33-32-20-8-5-16(11-35(20)24)23(25(27,28)29)34-10-9-17(30)12-34/h3-8,11,14,17,23H,9-10,12-13,30H2,1-2H3/t14-,17+,23-/m1/s1. The minimum absolute atomic E-state index is 0.0203. The normalized spacial score (nSPS) is 18.5. The molecule has 0 spiro atoms. The van der Waals surface area contributed by atoms with Crippen molar-refractivity contribution in [3.63, 3.8) is 0 Å². The van der Waals surface area contributed by atoms with Gasteiger partial charge >= 0.3 is 6.18 Å². The Morgan fingerprint density at radius 2 is 1.92 bits per heavy atom. The number of hydrogen-bond donors (Lipinski definition) is 1. The summed E-state index contributed by atoms with van der Waals surface area (Å²) < 4.78 is 69.8. The van der Waals surface area contributed by atoms with E-state index in [1.54, 1.807) is 25.1 Å². The van der Waals surface area contributed by atoms with E-state index in [0.29, 0.717) is 17.5 Å². The fourth-order valence-electron chi connectivity index (χ4n) is 4.74. The van der Waals surface area contributed by atoms with Crippen LogP contribution in [0.2, 0.25) is 0 Å². The fraction of sp³-hybridized carbons (Fsp3) is 0.400. The molecular formula is C25H26F4N6O2. The van der Waals surface area contributed by atoms with Crippen LogP contribution in [0.4, 0.5) is 17.6 Å². The molecule has 0 unspecified atom stereocenters. The summed E-state index contributed by atoms with van der Waals surface area (Å²) in [5.74, 6) is -0.442. The monoisotopic (exact) mass is 518 g/mol. The number of halogens is 4. The van der Waals surface area contributed by atoms with Gasteiger partial charge in [-0.05, 0) is 43.2 Å². The molecule has 37 heavy (non-hydrogen) atoms. The Bertz CT molecular complexity index is 1430. The molecule has 8 nitrogen and oxygen atoms in total. The molecule has 1 aliphatic rings. The number of aromatic nitrogens is 4. The summed E-state index contributed by atoms with van der Waals surface area (Å²) in [4.78, 5) is 5.77. The van der Waals surface area contributed by atoms with Gasteiger partial charge in [-0.1, -0.05) is 12.1 Å². The van der Waals surface area contributed by atoms with Crippen LogP contribution >= 0.6 is 0 Å². The van der Waals surface area contributed by atoms with Gasteiger partial charge < -0.3 is 15.2 Å². The zero-order valence-corrected chi connectivity index (χ0v) is 20.2. The average Bonchev–Trinajstić information content (AvgIpc) is 3.46. The summed E-state index contributed by atoms with van der Waals surface area (Å²) >= 11 is 0. The van der Waals surface area contributed by atoms with E-state index < -0.39 is 18.0 Å². The van der Waals surface area contributed by atoms with Crippen molar-refractivity contribution in [1.82, 2.24) is 24.5 Å². The predicted octanol–water partition coefficient (Wildman–Crippen LogP) is 4.13. The quantitative estimate of drug-likeness (QED) is 0.368. The highest BCUT2D eigenvalue weighted by molar-refractivity contribution is 5.83. The van der Waals surface area contributed by atoms with Crippen LogP contribution in [0.25, 0.3) is 28.1 Å². The number of pyridine rings is 2. The van der Waals surface area contributed by atoms with Crippen molar-refractivity contribution in [1.29, 1.82) is 0 Å². The van der Waals surface area contributed by atoms with Crippen molar-refractivity contribution >= 4 is 16.6 Å². The van der Waals surface area contributed by atoms with Crippen LogP contribution in [-0.4, -0.2) is 69.6 Å². The van der Waals surface area contributed by atoms with Crippen LogP contribution in [0.1, 0.15) is 24.9 Å². The molecule has 3 aromatic heterocycles. The topological polar surface area (TPSA) is 90.8 Å². The lowest BCUT2D eigenvalue weighted by atomic mass is 10.1. The van der Waals surface area contributed by atoms with E-state index in [1.165, 1.54) is 40.8 Å². The molecule has 0 radical (unpaired) electrons. The van der Waals surface area contributed by atoms with E-state index in [0.717, 1.165) is 0 Å². The molecule has 4 heterocycles. The zero-order valence-electron chi connectivity index (χ0n) is 20.2. The molecule has 5 rings (SSSR count). The number of rotatable bonds is 7. The molecule has 2 N–H and O–H groups in total. The van der Waals surface area contributed by atoms with Gasteiger partial charge in [-0.25, -0.2) is 9.37 Å². The number of benzene rings is 1. The molecule has 3 atom stereocenters. The van der Waals surface area contributed by atoms with Gasteiger partial charge in [0.1, 0.15) is 23.4 Å². The number of hydrogen-bond acceptors (Lipinski definition) is 7. The maximum Gasteiger partial charge on any atom is 0.408 e. The maximum atomic E-state index is 15.3. The Balaban J connectivity index is 1.56. The number of nitrogens with two attached hydrogens (primary N) is 1. The minimum atomic E-state index is -4.51. The molecular weight excluding hydrogens is 492 g/mol. The van der Waals surface area contributed by atoms with Crippen molar-refractivity contribution in [3.05, 3.63) is 54.0 Å². The van der Waals surface area contributed by atoms with Crippen molar-refractivity contribution in [3.8, 4) is 17.3 Å². The first-order valence-corrected chi connectivity index (χ1v) is 11.8. The number of fused-ring (bicyclic) bond motifs is 2. The van der Waals surface area contributed by atoms with E-state index in [1.807, 2.05) is 0 Å². The van der Waals surface area contributed by atoms with Crippen LogP contribution in [0.5, 0.6) is 5.75 Å². The Morgan fingerprint density at radius 1 is 1.14 bits per heavy atom. The van der Waals surface area contributed by atoms with E-state index in [-0.39, 0.29) is 60.2 Å². The third-order valence-corrected chi connectivity index (χ3v) is 6.40. The van der Waals surface area contributed by atoms with Crippen LogP contribution < -0.4 is 10.5 Å². The maximum absolute atomic E-state index is 15.3. The summed E-state index contributed by atoms with van der Waals surface area (Å²) in [6, 6.07) is 7.24. The van der Waals surface area contributed by atoms with Crippen molar-refractivity contribution in [2.45, 2.75) is 37.7 Å². The Hall–Kier alpha value is -3.35. The van der Waals surface area contributed by atoms with Gasteiger partial charge in [0.05, 0.1) is 6.61 Å². The number of methoxy groups -OCH3 is 1. The van der Waals surface area contributed by atoms with Gasteiger partial charge in [0.25, 0.3) is 0 Å². The van der Waals surface area contributed by atoms with E-state index in [2.05, 4.69) is 15.2 Å². The predicted molar refractivity (Wildman–Crippen MR) is 129 cm³/mol. The highest BCUT2D eigenvalue weighted by atomic mass is 19.4. The Labute approximate surface area is 210 Å². The van der Waals surface area contributed by atoms with Crippen molar-refractivity contribution in [2.75, 3.05) is 26.8 Å². The molecule has 1 saturated heterocycles. The first-order chi connectivity index (χ1) is 17.7. The van der Waals surface area contributed by atoms with Crippen LogP contribution in [0, 0.1) is 5.82 Å². The molecule has 0 aliphatic carbocycles. The summed E-state index contributed by atoms with van der Waals surface area (Å²) in [5, 5.41) is 8.74. The largest absolute Gasteiger partial charge is 0.485 e. The number of ether oxygens (including phenoxy) is 2. The Morgan fingerprint density at radius 3 is 2.62 bits per heavy atom. The molecule has 1 fully saturated rings. The number of alkyl halides is 3. The molecule has 1 aromatic carbocycles. The van der Waals surface area contributed by atoms with Gasteiger partial charge in [-0.3, -0.25) is 9.30 Å². The highest BCUT2D eigenvalue weighted by Crippen LogP contribution is 2.39. The number of likely N-dealkylation sites (tertiary alicyclic amines) is 1. The van der Waals surface area contributed by atoms with Gasteiger partial charge in [-0.15, -0.1) is 10.2 Å². The summed E-state index contributed by atoms with van der Waals surface area (Å²) in [6.45, 7) is 2.43. The first kappa shape index (κ1) is 25.3. The van der Waals surface area contributed by atoms with Crippen molar-refractivity contribution < 1.29 is 27.0 Å². The molecule has 0 bridgehead atoms. The minimum Gasteiger partial charge on any atom is -0.485 e. The summed E-state index contributed by atoms with van der Waals surface area (Å²) in [6.07, 6.45) is -3.03. The molecule has 0 saturated carbocycles. The van der Waals surface area contributed by atoms with Crippen LogP contribution in [0.3, 0.4) is 0 Å². The molecule has 196 valence electrons. The molecule has 12 heteroatoms. The highest BCUT2D eigenvalue weighted by Gasteiger charge is 2.46. The molecule has 0 amide bonds. The Kier molecular flexibility index (Phi) is 6.73. The third kappa shape index (κ3) is 4.96. The lowest BCUT2D eigenvalue weighted by Crippen LogP contribution is -2.38. The van der Waals surface area contributed by atoms with Gasteiger partial charge in [-0.2, -0.15) is 13.2 Å². The van der Waals surface area contributed by atoms with E-state index >= 15 is 4.39 Å². The molecule has 4 aromatic rings. The second-order valence-corrected chi connectivity index (χ2v) is 9.23. The fourth-order valence-corrected chi connectivity index (χ4v) is 4.74. The average molecular weight is 519 g/mol. The molecule has 1 aliphatic heterocycles. The number of nitrogens with zero attached hydrogens (tertiary/aromatic N) is 5. The lowest BCUT2D eigenvalue weighted by Gasteiger charge is -2.30. The second-order valence-electron chi connectivity index (χ2n) is 9.23. The third-order valence-electron chi connectivity index (χ3n) is 6.40. The van der Waals surface area contributed by atoms with Gasteiger partial charge in [0.2, 0.25) is 0 Å². The lowest BCUT2D eigenvalue weighted by molar-refractivity contribution is -0.183. The smallest absolute Gasteiger partial charge is 0.408 e. The van der Waals surface area contributed by atoms with E-state index in [4.69, 9.17) is 15.2 Å². The summed E-state index contributed by atoms with van der Waals surface area (Å²) in [5.41, 5.74) is 6.55. The van der Waals surface area contributed by atoms with Gasteiger partial charge in [0.15, 0.2) is 23.0 Å². The SMILES string of the molecule is COC[C@@H](C)Oc1ccc2ccc(-c3nnc4ccc([C@@H](N5CC[C@H](N)C5)C(F)(F)F)cn34)nc2c1F. The first-order valence-electron chi connectivity index (χ1n) is 11.8. The van der Waals surface area contributed by atoms with Crippen LogP contribution in [0.15, 0.2) is 42.6 Å². The zero-order chi connectivity index (χ0) is 26.3. The second kappa shape index (κ2) is 9.84. The van der Waals surface area contributed by atoms with Crippen molar-refractivity contribution in [2.24, 2.45) is 5.73 Å². The van der Waals surface area contributed by atoms with Crippen LogP contribution in [-0.2, 0) is 4.74 Å². The van der Waals surface area contributed by atoms with Gasteiger partial charge in [0, 0.05) is 37.8 Å². The van der Waals surface area contributed by atoms with E-state index in [9.17, 15) is 13.2 Å². The summed E-state index contributed by atoms with van der Waals surface area (Å²) in [7, 11) is 1.52.